The van der Waals surface area contributed by atoms with Crippen LogP contribution in [0.15, 0.2) is 64.9 Å². The highest BCUT2D eigenvalue weighted by atomic mass is 32.2. The van der Waals surface area contributed by atoms with E-state index in [9.17, 15) is 8.42 Å². The van der Waals surface area contributed by atoms with Crippen LogP contribution in [0.5, 0.6) is 0 Å². The summed E-state index contributed by atoms with van der Waals surface area (Å²) >= 11 is 0. The highest BCUT2D eigenvalue weighted by molar-refractivity contribution is 7.92. The van der Waals surface area contributed by atoms with Crippen molar-refractivity contribution in [3.63, 3.8) is 0 Å². The van der Waals surface area contributed by atoms with E-state index in [0.717, 1.165) is 5.56 Å². The Labute approximate surface area is 163 Å². The summed E-state index contributed by atoms with van der Waals surface area (Å²) in [5, 5.41) is 0. The van der Waals surface area contributed by atoms with Gasteiger partial charge in [0, 0.05) is 6.54 Å². The number of nitrogens with two attached hydrogens (primary N) is 1. The minimum absolute atomic E-state index is 0.00342. The standard InChI is InChI=1S/C21H20N4O2S/c1-4-11-25-20(22)19(28(26,27)17-12-13(2)9-10-14(17)3)18-21(25)24-16-8-6-5-7-15(16)23-18/h4-10,12H,1,11,22H2,2-3H3. The van der Waals surface area contributed by atoms with Crippen molar-refractivity contribution in [3.05, 3.63) is 66.2 Å². The maximum atomic E-state index is 13.6. The highest BCUT2D eigenvalue weighted by Crippen LogP contribution is 2.36. The number of nitrogen functional groups attached to an aromatic ring is 1. The molecule has 0 aliphatic carbocycles. The third-order valence-electron chi connectivity index (χ3n) is 4.76. The lowest BCUT2D eigenvalue weighted by Gasteiger charge is -2.09. The maximum Gasteiger partial charge on any atom is 0.212 e. The first-order valence-electron chi connectivity index (χ1n) is 8.82. The molecule has 0 radical (unpaired) electrons. The Bertz CT molecular complexity index is 1350. The van der Waals surface area contributed by atoms with Gasteiger partial charge in [-0.15, -0.1) is 6.58 Å². The monoisotopic (exact) mass is 392 g/mol. The Morgan fingerprint density at radius 3 is 2.46 bits per heavy atom. The summed E-state index contributed by atoms with van der Waals surface area (Å²) < 4.78 is 28.9. The van der Waals surface area contributed by atoms with Gasteiger partial charge in [0.25, 0.3) is 0 Å². The second kappa shape index (κ2) is 6.45. The van der Waals surface area contributed by atoms with Crippen LogP contribution in [-0.2, 0) is 16.4 Å². The summed E-state index contributed by atoms with van der Waals surface area (Å²) in [7, 11) is -3.90. The number of hydrogen-bond acceptors (Lipinski definition) is 5. The molecule has 0 saturated carbocycles. The molecule has 0 bridgehead atoms. The minimum Gasteiger partial charge on any atom is -0.384 e. The average Bonchev–Trinajstić information content (AvgIpc) is 2.93. The molecule has 0 amide bonds. The molecule has 142 valence electrons. The molecule has 0 aliphatic heterocycles. The number of anilines is 1. The molecule has 0 atom stereocenters. The molecule has 28 heavy (non-hydrogen) atoms. The number of benzene rings is 2. The number of nitrogens with zero attached hydrogens (tertiary/aromatic N) is 3. The Balaban J connectivity index is 2.14. The van der Waals surface area contributed by atoms with E-state index in [1.165, 1.54) is 0 Å². The molecule has 0 fully saturated rings. The van der Waals surface area contributed by atoms with E-state index in [1.54, 1.807) is 35.8 Å². The van der Waals surface area contributed by atoms with Crippen molar-refractivity contribution in [2.45, 2.75) is 30.2 Å². The van der Waals surface area contributed by atoms with Crippen molar-refractivity contribution in [2.24, 2.45) is 0 Å². The molecule has 0 spiro atoms. The number of para-hydroxylation sites is 2. The van der Waals surface area contributed by atoms with Gasteiger partial charge in [0.1, 0.15) is 16.2 Å². The summed E-state index contributed by atoms with van der Waals surface area (Å²) in [6, 6.07) is 12.7. The van der Waals surface area contributed by atoms with E-state index < -0.39 is 9.84 Å². The molecule has 2 aromatic carbocycles. The van der Waals surface area contributed by atoms with Gasteiger partial charge < -0.3 is 10.3 Å². The zero-order chi connectivity index (χ0) is 20.1. The van der Waals surface area contributed by atoms with Crippen LogP contribution < -0.4 is 5.73 Å². The highest BCUT2D eigenvalue weighted by Gasteiger charge is 2.31. The molecule has 4 rings (SSSR count). The van der Waals surface area contributed by atoms with Crippen LogP contribution in [0.25, 0.3) is 22.2 Å². The van der Waals surface area contributed by atoms with Crippen molar-refractivity contribution < 1.29 is 8.42 Å². The van der Waals surface area contributed by atoms with Crippen LogP contribution >= 0.6 is 0 Å². The normalized spacial score (nSPS) is 11.9. The Morgan fingerprint density at radius 1 is 1.11 bits per heavy atom. The smallest absolute Gasteiger partial charge is 0.212 e. The van der Waals surface area contributed by atoms with Crippen LogP contribution in [0.2, 0.25) is 0 Å². The molecule has 7 heteroatoms. The molecule has 0 saturated heterocycles. The first-order chi connectivity index (χ1) is 13.3. The summed E-state index contributed by atoms with van der Waals surface area (Å²) in [6.07, 6.45) is 1.65. The third kappa shape index (κ3) is 2.66. The van der Waals surface area contributed by atoms with Crippen molar-refractivity contribution >= 4 is 37.9 Å². The summed E-state index contributed by atoms with van der Waals surface area (Å²) in [4.78, 5) is 9.47. The summed E-state index contributed by atoms with van der Waals surface area (Å²) in [6.45, 7) is 7.71. The van der Waals surface area contributed by atoms with E-state index in [2.05, 4.69) is 16.5 Å². The third-order valence-corrected chi connectivity index (χ3v) is 6.72. The lowest BCUT2D eigenvalue weighted by molar-refractivity contribution is 0.596. The van der Waals surface area contributed by atoms with Crippen LogP contribution in [0.1, 0.15) is 11.1 Å². The summed E-state index contributed by atoms with van der Waals surface area (Å²) in [5.74, 6) is 0.117. The second-order valence-corrected chi connectivity index (χ2v) is 8.63. The van der Waals surface area contributed by atoms with Crippen LogP contribution in [-0.4, -0.2) is 23.0 Å². The van der Waals surface area contributed by atoms with E-state index in [0.29, 0.717) is 28.8 Å². The number of rotatable bonds is 4. The van der Waals surface area contributed by atoms with Crippen molar-refractivity contribution in [1.82, 2.24) is 14.5 Å². The van der Waals surface area contributed by atoms with Gasteiger partial charge >= 0.3 is 0 Å². The van der Waals surface area contributed by atoms with Crippen LogP contribution in [0.3, 0.4) is 0 Å². The molecular formula is C21H20N4O2S. The second-order valence-electron chi connectivity index (χ2n) is 6.77. The lowest BCUT2D eigenvalue weighted by Crippen LogP contribution is -2.09. The number of aryl methyl sites for hydroxylation is 2. The molecule has 4 aromatic rings. The van der Waals surface area contributed by atoms with Gasteiger partial charge in [0.15, 0.2) is 5.65 Å². The van der Waals surface area contributed by atoms with Crippen LogP contribution in [0.4, 0.5) is 5.82 Å². The zero-order valence-electron chi connectivity index (χ0n) is 15.7. The first kappa shape index (κ1) is 18.2. The quantitative estimate of drug-likeness (QED) is 0.534. The van der Waals surface area contributed by atoms with Gasteiger partial charge in [-0.05, 0) is 43.2 Å². The number of fused-ring (bicyclic) bond motifs is 2. The largest absolute Gasteiger partial charge is 0.384 e. The average molecular weight is 392 g/mol. The van der Waals surface area contributed by atoms with Crippen molar-refractivity contribution in [3.8, 4) is 0 Å². The Kier molecular flexibility index (Phi) is 4.19. The molecule has 2 N–H and O–H groups in total. The molecule has 6 nitrogen and oxygen atoms in total. The van der Waals surface area contributed by atoms with Gasteiger partial charge in [-0.3, -0.25) is 0 Å². The molecule has 2 aromatic heterocycles. The fourth-order valence-corrected chi connectivity index (χ4v) is 5.20. The fraction of sp³-hybridized carbons (Fsp3) is 0.143. The van der Waals surface area contributed by atoms with Gasteiger partial charge in [-0.1, -0.05) is 30.3 Å². The predicted octanol–water partition coefficient (Wildman–Crippen LogP) is 3.80. The molecule has 0 unspecified atom stereocenters. The van der Waals surface area contributed by atoms with E-state index in [1.807, 2.05) is 31.2 Å². The van der Waals surface area contributed by atoms with Crippen molar-refractivity contribution in [2.75, 3.05) is 5.73 Å². The number of allylic oxidation sites excluding steroid dienone is 1. The molecule has 2 heterocycles. The first-order valence-corrected chi connectivity index (χ1v) is 10.3. The molecular weight excluding hydrogens is 372 g/mol. The fourth-order valence-electron chi connectivity index (χ4n) is 3.37. The zero-order valence-corrected chi connectivity index (χ0v) is 16.5. The lowest BCUT2D eigenvalue weighted by atomic mass is 10.2. The topological polar surface area (TPSA) is 90.9 Å². The Morgan fingerprint density at radius 2 is 1.79 bits per heavy atom. The minimum atomic E-state index is -3.90. The number of hydrogen-bond donors (Lipinski definition) is 1. The van der Waals surface area contributed by atoms with E-state index in [-0.39, 0.29) is 21.1 Å². The number of aromatic nitrogens is 3. The van der Waals surface area contributed by atoms with Gasteiger partial charge in [0.05, 0.1) is 15.9 Å². The molecule has 0 aliphatic rings. The van der Waals surface area contributed by atoms with Gasteiger partial charge in [-0.25, -0.2) is 18.4 Å². The van der Waals surface area contributed by atoms with Gasteiger partial charge in [-0.2, -0.15) is 0 Å². The van der Waals surface area contributed by atoms with Crippen LogP contribution in [0, 0.1) is 13.8 Å². The predicted molar refractivity (Wildman–Crippen MR) is 111 cm³/mol. The number of sulfone groups is 1. The van der Waals surface area contributed by atoms with E-state index >= 15 is 0 Å². The maximum absolute atomic E-state index is 13.6. The van der Waals surface area contributed by atoms with E-state index in [4.69, 9.17) is 5.73 Å². The van der Waals surface area contributed by atoms with Crippen molar-refractivity contribution in [1.29, 1.82) is 0 Å². The summed E-state index contributed by atoms with van der Waals surface area (Å²) in [5.41, 5.74) is 9.84. The SMILES string of the molecule is C=CCn1c(N)c(S(=O)(=O)c2cc(C)ccc2C)c2nc3ccccc3nc21. The van der Waals surface area contributed by atoms with Gasteiger partial charge in [0.2, 0.25) is 9.84 Å². The Hall–Kier alpha value is -3.19.